The van der Waals surface area contributed by atoms with Gasteiger partial charge in [-0.25, -0.2) is 4.79 Å². The molecule has 0 amide bonds. The number of halogens is 3. The molecule has 1 rings (SSSR count). The molecule has 118 valence electrons. The van der Waals surface area contributed by atoms with E-state index in [4.69, 9.17) is 5.11 Å². The van der Waals surface area contributed by atoms with E-state index in [1.807, 2.05) is 6.92 Å². The summed E-state index contributed by atoms with van der Waals surface area (Å²) in [7, 11) is 0. The van der Waals surface area contributed by atoms with Gasteiger partial charge in [0.05, 0.1) is 11.1 Å². The number of rotatable bonds is 7. The van der Waals surface area contributed by atoms with E-state index >= 15 is 0 Å². The van der Waals surface area contributed by atoms with Crippen LogP contribution < -0.4 is 0 Å². The molecule has 0 radical (unpaired) electrons. The molecule has 1 unspecified atom stereocenters. The Hall–Kier alpha value is -1.52. The number of carboxylic acids is 1. The van der Waals surface area contributed by atoms with Crippen LogP contribution >= 0.6 is 0 Å². The molecule has 1 aromatic rings. The number of aromatic carboxylic acids is 1. The standard InChI is InChI=1S/C16H21F3O2/c1-3-4-5-6-7-11(2)12-8-9-13(15(20)21)14(10-12)16(17,18)19/h8-11H,3-7H2,1-2H3,(H,20,21). The first kappa shape index (κ1) is 17.5. The smallest absolute Gasteiger partial charge is 0.417 e. The number of hydrogen-bond donors (Lipinski definition) is 1. The third kappa shape index (κ3) is 5.06. The third-order valence-corrected chi connectivity index (χ3v) is 3.64. The largest absolute Gasteiger partial charge is 0.478 e. The summed E-state index contributed by atoms with van der Waals surface area (Å²) in [4.78, 5) is 10.9. The van der Waals surface area contributed by atoms with E-state index in [9.17, 15) is 18.0 Å². The van der Waals surface area contributed by atoms with Gasteiger partial charge in [-0.05, 0) is 30.0 Å². The molecule has 0 bridgehead atoms. The minimum Gasteiger partial charge on any atom is -0.478 e. The molecule has 0 fully saturated rings. The Kier molecular flexibility index (Phi) is 6.24. The zero-order valence-electron chi connectivity index (χ0n) is 12.3. The molecule has 0 aromatic heterocycles. The molecule has 0 heterocycles. The number of unbranched alkanes of at least 4 members (excludes halogenated alkanes) is 3. The number of carbonyl (C=O) groups is 1. The number of benzene rings is 1. The Morgan fingerprint density at radius 1 is 1.24 bits per heavy atom. The molecule has 0 aliphatic carbocycles. The highest BCUT2D eigenvalue weighted by molar-refractivity contribution is 5.89. The lowest BCUT2D eigenvalue weighted by Crippen LogP contribution is -2.14. The fraction of sp³-hybridized carbons (Fsp3) is 0.562. The fourth-order valence-electron chi connectivity index (χ4n) is 2.33. The van der Waals surface area contributed by atoms with Crippen LogP contribution in [0.3, 0.4) is 0 Å². The highest BCUT2D eigenvalue weighted by atomic mass is 19.4. The van der Waals surface area contributed by atoms with Gasteiger partial charge in [0.1, 0.15) is 0 Å². The first-order chi connectivity index (χ1) is 9.77. The van der Waals surface area contributed by atoms with Crippen molar-refractivity contribution in [1.82, 2.24) is 0 Å². The van der Waals surface area contributed by atoms with Gasteiger partial charge < -0.3 is 5.11 Å². The van der Waals surface area contributed by atoms with Gasteiger partial charge in [-0.15, -0.1) is 0 Å². The molecule has 21 heavy (non-hydrogen) atoms. The summed E-state index contributed by atoms with van der Waals surface area (Å²) in [5, 5.41) is 8.86. The Balaban J connectivity index is 2.92. The van der Waals surface area contributed by atoms with E-state index in [1.165, 1.54) is 6.07 Å². The van der Waals surface area contributed by atoms with Crippen LogP contribution in [0.25, 0.3) is 0 Å². The lowest BCUT2D eigenvalue weighted by molar-refractivity contribution is -0.138. The van der Waals surface area contributed by atoms with E-state index in [0.29, 0.717) is 5.56 Å². The van der Waals surface area contributed by atoms with Gasteiger partial charge in [-0.3, -0.25) is 0 Å². The maximum atomic E-state index is 12.9. The van der Waals surface area contributed by atoms with Crippen LogP contribution in [-0.2, 0) is 6.18 Å². The maximum absolute atomic E-state index is 12.9. The van der Waals surface area contributed by atoms with Gasteiger partial charge >= 0.3 is 12.1 Å². The van der Waals surface area contributed by atoms with Crippen molar-refractivity contribution in [3.8, 4) is 0 Å². The van der Waals surface area contributed by atoms with Crippen molar-refractivity contribution in [3.63, 3.8) is 0 Å². The van der Waals surface area contributed by atoms with E-state index in [-0.39, 0.29) is 5.92 Å². The Morgan fingerprint density at radius 2 is 1.90 bits per heavy atom. The highest BCUT2D eigenvalue weighted by Crippen LogP contribution is 2.35. The summed E-state index contributed by atoms with van der Waals surface area (Å²) in [6.45, 7) is 3.98. The van der Waals surface area contributed by atoms with Crippen molar-refractivity contribution < 1.29 is 23.1 Å². The first-order valence-corrected chi connectivity index (χ1v) is 7.21. The van der Waals surface area contributed by atoms with E-state index in [0.717, 1.165) is 44.2 Å². The molecular weight excluding hydrogens is 281 g/mol. The quantitative estimate of drug-likeness (QED) is 0.677. The lowest BCUT2D eigenvalue weighted by atomic mass is 9.92. The highest BCUT2D eigenvalue weighted by Gasteiger charge is 2.35. The second kappa shape index (κ2) is 7.48. The summed E-state index contributed by atoms with van der Waals surface area (Å²) in [5.74, 6) is -1.56. The summed E-state index contributed by atoms with van der Waals surface area (Å²) >= 11 is 0. The van der Waals surface area contributed by atoms with Gasteiger partial charge in [0.2, 0.25) is 0 Å². The van der Waals surface area contributed by atoms with Gasteiger partial charge in [-0.1, -0.05) is 45.6 Å². The van der Waals surface area contributed by atoms with Crippen molar-refractivity contribution in [2.75, 3.05) is 0 Å². The molecule has 1 aromatic carbocycles. The predicted molar refractivity (Wildman–Crippen MR) is 75.6 cm³/mol. The minimum absolute atomic E-state index is 0.00852. The van der Waals surface area contributed by atoms with Crippen molar-refractivity contribution in [1.29, 1.82) is 0 Å². The molecule has 0 aliphatic heterocycles. The molecule has 0 spiro atoms. The molecule has 2 nitrogen and oxygen atoms in total. The molecule has 0 saturated heterocycles. The van der Waals surface area contributed by atoms with E-state index < -0.39 is 23.3 Å². The monoisotopic (exact) mass is 302 g/mol. The van der Waals surface area contributed by atoms with Gasteiger partial charge in [0.25, 0.3) is 0 Å². The predicted octanol–water partition coefficient (Wildman–Crippen LogP) is 5.48. The molecule has 1 N–H and O–H groups in total. The summed E-state index contributed by atoms with van der Waals surface area (Å²) in [6.07, 6.45) is 0.435. The van der Waals surface area contributed by atoms with Crippen molar-refractivity contribution in [2.45, 2.75) is 58.0 Å². The average Bonchev–Trinajstić information content (AvgIpc) is 2.41. The van der Waals surface area contributed by atoms with Gasteiger partial charge in [-0.2, -0.15) is 13.2 Å². The van der Waals surface area contributed by atoms with Crippen LogP contribution in [0.5, 0.6) is 0 Å². The Bertz CT molecular complexity index is 481. The van der Waals surface area contributed by atoms with Crippen LogP contribution in [0.4, 0.5) is 13.2 Å². The molecule has 1 atom stereocenters. The number of carboxylic acid groups (broad SMARTS) is 1. The second-order valence-electron chi connectivity index (χ2n) is 5.36. The summed E-state index contributed by atoms with van der Waals surface area (Å²) in [5.41, 5.74) is -1.21. The van der Waals surface area contributed by atoms with E-state index in [1.54, 1.807) is 0 Å². The van der Waals surface area contributed by atoms with Crippen molar-refractivity contribution >= 4 is 5.97 Å². The molecular formula is C16H21F3O2. The molecule has 0 aliphatic rings. The summed E-state index contributed by atoms with van der Waals surface area (Å²) < 4.78 is 38.8. The van der Waals surface area contributed by atoms with Gasteiger partial charge in [0, 0.05) is 0 Å². The molecule has 5 heteroatoms. The zero-order valence-corrected chi connectivity index (χ0v) is 12.3. The Morgan fingerprint density at radius 3 is 2.43 bits per heavy atom. The van der Waals surface area contributed by atoms with Crippen LogP contribution in [0.2, 0.25) is 0 Å². The maximum Gasteiger partial charge on any atom is 0.417 e. The summed E-state index contributed by atoms with van der Waals surface area (Å²) in [6, 6.07) is 3.53. The van der Waals surface area contributed by atoms with Crippen LogP contribution in [0.1, 0.15) is 73.4 Å². The van der Waals surface area contributed by atoms with Crippen LogP contribution in [0, 0.1) is 0 Å². The zero-order chi connectivity index (χ0) is 16.0. The average molecular weight is 302 g/mol. The van der Waals surface area contributed by atoms with E-state index in [2.05, 4.69) is 6.92 Å². The first-order valence-electron chi connectivity index (χ1n) is 7.21. The number of alkyl halides is 3. The van der Waals surface area contributed by atoms with Crippen LogP contribution in [-0.4, -0.2) is 11.1 Å². The Labute approximate surface area is 123 Å². The second-order valence-corrected chi connectivity index (χ2v) is 5.36. The molecule has 0 saturated carbocycles. The van der Waals surface area contributed by atoms with Crippen molar-refractivity contribution in [3.05, 3.63) is 34.9 Å². The fourth-order valence-corrected chi connectivity index (χ4v) is 2.33. The lowest BCUT2D eigenvalue weighted by Gasteiger charge is -2.16. The normalized spacial score (nSPS) is 13.2. The topological polar surface area (TPSA) is 37.3 Å². The third-order valence-electron chi connectivity index (χ3n) is 3.64. The SMILES string of the molecule is CCCCCCC(C)c1ccc(C(=O)O)c(C(F)(F)F)c1. The van der Waals surface area contributed by atoms with Crippen molar-refractivity contribution in [2.24, 2.45) is 0 Å². The van der Waals surface area contributed by atoms with Gasteiger partial charge in [0.15, 0.2) is 0 Å². The van der Waals surface area contributed by atoms with Crippen LogP contribution in [0.15, 0.2) is 18.2 Å². The number of hydrogen-bond acceptors (Lipinski definition) is 1. The minimum atomic E-state index is -4.65.